The Bertz CT molecular complexity index is 513. The number of nitrogens with zero attached hydrogens (tertiary/aromatic N) is 1. The number of rotatable bonds is 4. The first kappa shape index (κ1) is 16.0. The summed E-state index contributed by atoms with van der Waals surface area (Å²) in [4.78, 5) is 13.6. The first-order valence-electron chi connectivity index (χ1n) is 6.02. The zero-order valence-corrected chi connectivity index (χ0v) is 13.9. The number of methoxy groups -OCH3 is 1. The highest BCUT2D eigenvalue weighted by Gasteiger charge is 2.29. The minimum absolute atomic E-state index is 0.387. The monoisotopic (exact) mass is 328 g/mol. The lowest BCUT2D eigenvalue weighted by Crippen LogP contribution is -2.34. The molecule has 0 aliphatic heterocycles. The molecule has 0 radical (unpaired) electrons. The number of hydrogen-bond acceptors (Lipinski definition) is 3. The Hall–Kier alpha value is -1.07. The second-order valence-corrected chi connectivity index (χ2v) is 5.70. The van der Waals surface area contributed by atoms with E-state index in [-0.39, 0.29) is 5.91 Å². The molecule has 4 nitrogen and oxygen atoms in total. The number of benzene rings is 1. The van der Waals surface area contributed by atoms with Crippen molar-refractivity contribution in [2.24, 2.45) is 5.73 Å². The standard InChI is InChI=1S/C14H21BrN2O2/c1-7-8(2)13(19-6)10(9(3)11(7)15)12(14(16)18)17(4)5/h12H,1-6H3,(H2,16,18). The molecule has 0 heterocycles. The van der Waals surface area contributed by atoms with Crippen molar-refractivity contribution in [2.45, 2.75) is 26.8 Å². The third kappa shape index (κ3) is 2.77. The molecule has 0 bridgehead atoms. The smallest absolute Gasteiger partial charge is 0.239 e. The molecule has 1 aromatic carbocycles. The molecule has 5 heteroatoms. The molecule has 2 N–H and O–H groups in total. The molecule has 0 aliphatic carbocycles. The molecule has 1 rings (SSSR count). The van der Waals surface area contributed by atoms with E-state index in [0.29, 0.717) is 0 Å². The van der Waals surface area contributed by atoms with Crippen LogP contribution in [0.15, 0.2) is 4.47 Å². The number of amides is 1. The summed E-state index contributed by atoms with van der Waals surface area (Å²) < 4.78 is 6.51. The lowest BCUT2D eigenvalue weighted by molar-refractivity contribution is -0.122. The summed E-state index contributed by atoms with van der Waals surface area (Å²) in [5.74, 6) is 0.345. The van der Waals surface area contributed by atoms with Crippen LogP contribution in [0.25, 0.3) is 0 Å². The average Bonchev–Trinajstić information content (AvgIpc) is 2.32. The van der Waals surface area contributed by atoms with E-state index in [2.05, 4.69) is 15.9 Å². The fraction of sp³-hybridized carbons (Fsp3) is 0.500. The summed E-state index contributed by atoms with van der Waals surface area (Å²) in [5, 5.41) is 0. The van der Waals surface area contributed by atoms with E-state index in [4.69, 9.17) is 10.5 Å². The highest BCUT2D eigenvalue weighted by Crippen LogP contribution is 2.40. The minimum atomic E-state index is -0.509. The van der Waals surface area contributed by atoms with Crippen LogP contribution in [0.5, 0.6) is 5.75 Å². The van der Waals surface area contributed by atoms with Gasteiger partial charge in [0, 0.05) is 10.0 Å². The van der Waals surface area contributed by atoms with Gasteiger partial charge in [0.05, 0.1) is 7.11 Å². The number of halogens is 1. The Morgan fingerprint density at radius 3 is 2.11 bits per heavy atom. The number of likely N-dealkylation sites (N-methyl/N-ethyl adjacent to an activating group) is 1. The topological polar surface area (TPSA) is 55.6 Å². The van der Waals surface area contributed by atoms with Crippen LogP contribution in [-0.4, -0.2) is 32.0 Å². The fourth-order valence-corrected chi connectivity index (χ4v) is 2.86. The lowest BCUT2D eigenvalue weighted by atomic mass is 9.93. The van der Waals surface area contributed by atoms with E-state index in [1.807, 2.05) is 34.9 Å². The van der Waals surface area contributed by atoms with Crippen LogP contribution in [0.1, 0.15) is 28.3 Å². The highest BCUT2D eigenvalue weighted by atomic mass is 79.9. The van der Waals surface area contributed by atoms with Crippen molar-refractivity contribution in [3.8, 4) is 5.75 Å². The Balaban J connectivity index is 3.70. The lowest BCUT2D eigenvalue weighted by Gasteiger charge is -2.27. The average molecular weight is 329 g/mol. The van der Waals surface area contributed by atoms with E-state index in [9.17, 15) is 4.79 Å². The molecular weight excluding hydrogens is 308 g/mol. The minimum Gasteiger partial charge on any atom is -0.496 e. The van der Waals surface area contributed by atoms with E-state index in [1.165, 1.54) is 0 Å². The van der Waals surface area contributed by atoms with Crippen molar-refractivity contribution < 1.29 is 9.53 Å². The molecule has 0 fully saturated rings. The zero-order valence-electron chi connectivity index (χ0n) is 12.3. The number of nitrogens with two attached hydrogens (primary N) is 1. The molecule has 1 amide bonds. The normalized spacial score (nSPS) is 12.6. The Morgan fingerprint density at radius 1 is 1.21 bits per heavy atom. The second-order valence-electron chi connectivity index (χ2n) is 4.90. The molecular formula is C14H21BrN2O2. The first-order valence-corrected chi connectivity index (χ1v) is 6.82. The number of carbonyl (C=O) groups is 1. The van der Waals surface area contributed by atoms with Crippen LogP contribution in [0, 0.1) is 20.8 Å². The van der Waals surface area contributed by atoms with Gasteiger partial charge in [-0.05, 0) is 51.6 Å². The Morgan fingerprint density at radius 2 is 1.74 bits per heavy atom. The molecule has 0 aromatic heterocycles. The predicted octanol–water partition coefficient (Wildman–Crippen LogP) is 2.47. The Kier molecular flexibility index (Phi) is 4.98. The molecule has 1 aromatic rings. The van der Waals surface area contributed by atoms with E-state index in [0.717, 1.165) is 32.5 Å². The van der Waals surface area contributed by atoms with E-state index >= 15 is 0 Å². The largest absolute Gasteiger partial charge is 0.496 e. The quantitative estimate of drug-likeness (QED) is 0.923. The van der Waals surface area contributed by atoms with Gasteiger partial charge in [-0.3, -0.25) is 9.69 Å². The summed E-state index contributed by atoms with van der Waals surface area (Å²) in [5.41, 5.74) is 9.49. The van der Waals surface area contributed by atoms with Gasteiger partial charge in [-0.25, -0.2) is 0 Å². The molecule has 1 unspecified atom stereocenters. The van der Waals surface area contributed by atoms with Crippen molar-refractivity contribution in [3.63, 3.8) is 0 Å². The summed E-state index contributed by atoms with van der Waals surface area (Å²) in [6.07, 6.45) is 0. The van der Waals surface area contributed by atoms with Crippen molar-refractivity contribution in [3.05, 3.63) is 26.7 Å². The van der Waals surface area contributed by atoms with Crippen LogP contribution in [0.3, 0.4) is 0 Å². The number of ether oxygens (including phenoxy) is 1. The third-order valence-electron chi connectivity index (χ3n) is 3.47. The van der Waals surface area contributed by atoms with Crippen molar-refractivity contribution >= 4 is 21.8 Å². The maximum absolute atomic E-state index is 11.8. The van der Waals surface area contributed by atoms with Gasteiger partial charge in [0.15, 0.2) is 0 Å². The first-order chi connectivity index (χ1) is 8.73. The molecule has 0 saturated heterocycles. The van der Waals surface area contributed by atoms with Crippen LogP contribution >= 0.6 is 15.9 Å². The van der Waals surface area contributed by atoms with Gasteiger partial charge >= 0.3 is 0 Å². The van der Waals surface area contributed by atoms with Crippen molar-refractivity contribution in [1.29, 1.82) is 0 Å². The zero-order chi connectivity index (χ0) is 14.9. The molecule has 106 valence electrons. The van der Waals surface area contributed by atoms with Crippen LogP contribution in [0.2, 0.25) is 0 Å². The summed E-state index contributed by atoms with van der Waals surface area (Å²) in [6, 6.07) is -0.509. The maximum atomic E-state index is 11.8. The van der Waals surface area contributed by atoms with Crippen LogP contribution < -0.4 is 10.5 Å². The summed E-state index contributed by atoms with van der Waals surface area (Å²) in [6.45, 7) is 5.97. The maximum Gasteiger partial charge on any atom is 0.239 e. The molecule has 0 spiro atoms. The highest BCUT2D eigenvalue weighted by molar-refractivity contribution is 9.10. The molecule has 0 saturated carbocycles. The van der Waals surface area contributed by atoms with Gasteiger partial charge in [0.25, 0.3) is 0 Å². The summed E-state index contributed by atoms with van der Waals surface area (Å²) in [7, 11) is 5.28. The van der Waals surface area contributed by atoms with Gasteiger partial charge in [-0.1, -0.05) is 15.9 Å². The molecule has 1 atom stereocenters. The van der Waals surface area contributed by atoms with E-state index in [1.54, 1.807) is 12.0 Å². The Labute approximate surface area is 123 Å². The fourth-order valence-electron chi connectivity index (χ4n) is 2.35. The van der Waals surface area contributed by atoms with Gasteiger partial charge in [-0.2, -0.15) is 0 Å². The third-order valence-corrected chi connectivity index (χ3v) is 4.66. The summed E-state index contributed by atoms with van der Waals surface area (Å²) >= 11 is 3.58. The van der Waals surface area contributed by atoms with Crippen LogP contribution in [0.4, 0.5) is 0 Å². The van der Waals surface area contributed by atoms with Crippen molar-refractivity contribution in [1.82, 2.24) is 4.90 Å². The van der Waals surface area contributed by atoms with Crippen molar-refractivity contribution in [2.75, 3.05) is 21.2 Å². The number of hydrogen-bond donors (Lipinski definition) is 1. The predicted molar refractivity (Wildman–Crippen MR) is 80.5 cm³/mol. The van der Waals surface area contributed by atoms with Gasteiger partial charge in [0.2, 0.25) is 5.91 Å². The molecule has 19 heavy (non-hydrogen) atoms. The van der Waals surface area contributed by atoms with Gasteiger partial charge in [-0.15, -0.1) is 0 Å². The number of carbonyl (C=O) groups excluding carboxylic acids is 1. The molecule has 0 aliphatic rings. The SMILES string of the molecule is COc1c(C)c(C)c(Br)c(C)c1C(C(N)=O)N(C)C. The van der Waals surface area contributed by atoms with Crippen LogP contribution in [-0.2, 0) is 4.79 Å². The van der Waals surface area contributed by atoms with Gasteiger partial charge in [0.1, 0.15) is 11.8 Å². The van der Waals surface area contributed by atoms with E-state index < -0.39 is 6.04 Å². The number of primary amides is 1. The van der Waals surface area contributed by atoms with Gasteiger partial charge < -0.3 is 10.5 Å². The second kappa shape index (κ2) is 5.92.